The highest BCUT2D eigenvalue weighted by molar-refractivity contribution is 5.95. The Hall–Kier alpha value is -3.40. The van der Waals surface area contributed by atoms with Crippen LogP contribution >= 0.6 is 0 Å². The largest absolute Gasteiger partial charge is 0.355 e. The molecule has 192 valence electrons. The maximum atomic E-state index is 5.20. The number of nitrogens with zero attached hydrogens (tertiary/aromatic N) is 3. The first-order valence-electron chi connectivity index (χ1n) is 13.8. The predicted molar refractivity (Wildman–Crippen MR) is 159 cm³/mol. The molecule has 0 radical (unpaired) electrons. The molecule has 5 rings (SSSR count). The Balaban J connectivity index is 2.03. The summed E-state index contributed by atoms with van der Waals surface area (Å²) in [6, 6.07) is 9.11. The second-order valence-electron chi connectivity index (χ2n) is 10.5. The maximum absolute atomic E-state index is 5.20. The third kappa shape index (κ3) is 3.89. The van der Waals surface area contributed by atoms with Crippen molar-refractivity contribution in [3.05, 3.63) is 69.3 Å². The molecule has 4 heteroatoms. The molecule has 2 aliphatic heterocycles. The summed E-state index contributed by atoms with van der Waals surface area (Å²) >= 11 is 0. The molecule has 37 heavy (non-hydrogen) atoms. The Morgan fingerprint density at radius 3 is 1.68 bits per heavy atom. The van der Waals surface area contributed by atoms with Crippen LogP contribution in [0.3, 0.4) is 0 Å². The van der Waals surface area contributed by atoms with Gasteiger partial charge in [-0.2, -0.15) is 0 Å². The lowest BCUT2D eigenvalue weighted by Gasteiger charge is -2.02. The Kier molecular flexibility index (Phi) is 6.47. The second-order valence-corrected chi connectivity index (χ2v) is 10.5. The summed E-state index contributed by atoms with van der Waals surface area (Å²) in [6.45, 7) is 17.9. The van der Waals surface area contributed by atoms with E-state index in [2.05, 4.69) is 96.3 Å². The molecule has 0 spiro atoms. The van der Waals surface area contributed by atoms with E-state index in [-0.39, 0.29) is 0 Å². The van der Waals surface area contributed by atoms with Crippen molar-refractivity contribution in [1.82, 2.24) is 19.5 Å². The summed E-state index contributed by atoms with van der Waals surface area (Å²) in [5, 5.41) is 0. The molecule has 0 unspecified atom stereocenters. The molecule has 3 aromatic heterocycles. The molecule has 0 fully saturated rings. The third-order valence-corrected chi connectivity index (χ3v) is 8.62. The molecule has 0 aliphatic carbocycles. The fourth-order valence-electron chi connectivity index (χ4n) is 6.37. The summed E-state index contributed by atoms with van der Waals surface area (Å²) in [5.74, 6) is 0. The smallest absolute Gasteiger partial charge is 0.0693 e. The van der Waals surface area contributed by atoms with Crippen molar-refractivity contribution in [3.63, 3.8) is 0 Å². The Bertz CT molecular complexity index is 1650. The topological polar surface area (TPSA) is 46.5 Å². The average Bonchev–Trinajstić information content (AvgIpc) is 3.51. The van der Waals surface area contributed by atoms with Gasteiger partial charge in [0.2, 0.25) is 0 Å². The number of hydrogen-bond donors (Lipinski definition) is 1. The van der Waals surface area contributed by atoms with Gasteiger partial charge < -0.3 is 9.55 Å². The van der Waals surface area contributed by atoms with Crippen LogP contribution in [0.25, 0.3) is 44.4 Å². The Morgan fingerprint density at radius 1 is 0.595 bits per heavy atom. The van der Waals surface area contributed by atoms with E-state index in [1.165, 1.54) is 55.6 Å². The van der Waals surface area contributed by atoms with Crippen LogP contribution in [0, 0.1) is 13.8 Å². The van der Waals surface area contributed by atoms with Crippen LogP contribution in [0.5, 0.6) is 0 Å². The standard InChI is InChI=1S/C33H40N4/c1-10-22-18(5)26-14-30-23(11-2)20(7)28(36-30)16-33-25(13-4)21(8)32(37(33)9)17-31-24(12-3)19(6)27(35-31)15-29(22)34-26/h14-17,34H,10-13H2,1-9H3. The van der Waals surface area contributed by atoms with E-state index in [9.17, 15) is 0 Å². The first-order chi connectivity index (χ1) is 17.7. The maximum Gasteiger partial charge on any atom is 0.0693 e. The lowest BCUT2D eigenvalue weighted by molar-refractivity contribution is 1.000. The van der Waals surface area contributed by atoms with Crippen LogP contribution in [0.2, 0.25) is 0 Å². The fraction of sp³-hybridized carbons (Fsp3) is 0.394. The number of aromatic nitrogens is 4. The van der Waals surface area contributed by atoms with Crippen LogP contribution in [0.4, 0.5) is 0 Å². The van der Waals surface area contributed by atoms with Crippen LogP contribution in [-0.4, -0.2) is 19.5 Å². The molecule has 0 saturated carbocycles. The van der Waals surface area contributed by atoms with Gasteiger partial charge in [0.15, 0.2) is 0 Å². The van der Waals surface area contributed by atoms with Crippen LogP contribution in [-0.2, 0) is 19.9 Å². The fourth-order valence-corrected chi connectivity index (χ4v) is 6.37. The van der Waals surface area contributed by atoms with Crippen molar-refractivity contribution < 1.29 is 0 Å². The van der Waals surface area contributed by atoms with Gasteiger partial charge in [-0.05, 0) is 122 Å². The highest BCUT2D eigenvalue weighted by Gasteiger charge is 2.20. The molecule has 3 aromatic rings. The average molecular weight is 493 g/mol. The monoisotopic (exact) mass is 492 g/mol. The van der Waals surface area contributed by atoms with E-state index in [0.29, 0.717) is 0 Å². The highest BCUT2D eigenvalue weighted by Crippen LogP contribution is 2.36. The minimum Gasteiger partial charge on any atom is -0.355 e. The molecule has 0 saturated heterocycles. The zero-order valence-corrected chi connectivity index (χ0v) is 24.0. The van der Waals surface area contributed by atoms with Crippen LogP contribution in [0.15, 0.2) is 24.3 Å². The van der Waals surface area contributed by atoms with Gasteiger partial charge in [0.05, 0.1) is 22.8 Å². The molecule has 0 atom stereocenters. The number of aromatic amines is 1. The summed E-state index contributed by atoms with van der Waals surface area (Å²) in [6.07, 6.45) is 3.88. The molecule has 2 aliphatic rings. The van der Waals surface area contributed by atoms with E-state index in [4.69, 9.17) is 9.97 Å². The molecular weight excluding hydrogens is 452 g/mol. The first kappa shape index (κ1) is 25.3. The molecule has 5 heterocycles. The van der Waals surface area contributed by atoms with Gasteiger partial charge in [-0.25, -0.2) is 9.97 Å². The van der Waals surface area contributed by atoms with Crippen molar-refractivity contribution >= 4 is 44.4 Å². The van der Waals surface area contributed by atoms with Gasteiger partial charge in [-0.1, -0.05) is 27.7 Å². The zero-order valence-electron chi connectivity index (χ0n) is 24.0. The number of fused-ring (bicyclic) bond motifs is 8. The third-order valence-electron chi connectivity index (χ3n) is 8.62. The quantitative estimate of drug-likeness (QED) is 0.396. The minimum atomic E-state index is 0.961. The summed E-state index contributed by atoms with van der Waals surface area (Å²) < 4.78 is 2.34. The van der Waals surface area contributed by atoms with E-state index in [1.54, 1.807) is 0 Å². The molecule has 1 N–H and O–H groups in total. The van der Waals surface area contributed by atoms with Gasteiger partial charge in [-0.3, -0.25) is 0 Å². The van der Waals surface area contributed by atoms with Gasteiger partial charge in [0.25, 0.3) is 0 Å². The van der Waals surface area contributed by atoms with Crippen LogP contribution in [0.1, 0.15) is 99.4 Å². The number of aryl methyl sites for hydroxylation is 5. The van der Waals surface area contributed by atoms with Crippen molar-refractivity contribution in [2.45, 2.75) is 81.1 Å². The lowest BCUT2D eigenvalue weighted by Crippen LogP contribution is -1.89. The summed E-state index contributed by atoms with van der Waals surface area (Å²) in [5.41, 5.74) is 19.7. The number of allylic oxidation sites excluding steroid dienone is 4. The van der Waals surface area contributed by atoms with Gasteiger partial charge in [0.1, 0.15) is 0 Å². The highest BCUT2D eigenvalue weighted by atomic mass is 14.9. The van der Waals surface area contributed by atoms with Crippen LogP contribution < -0.4 is 0 Å². The van der Waals surface area contributed by atoms with E-state index in [0.717, 1.165) is 59.5 Å². The van der Waals surface area contributed by atoms with Crippen molar-refractivity contribution in [2.75, 3.05) is 0 Å². The van der Waals surface area contributed by atoms with E-state index < -0.39 is 0 Å². The van der Waals surface area contributed by atoms with Gasteiger partial charge >= 0.3 is 0 Å². The summed E-state index contributed by atoms with van der Waals surface area (Å²) in [7, 11) is 2.18. The zero-order chi connectivity index (χ0) is 26.6. The van der Waals surface area contributed by atoms with Crippen molar-refractivity contribution in [3.8, 4) is 0 Å². The van der Waals surface area contributed by atoms with Gasteiger partial charge in [0, 0.05) is 29.1 Å². The summed E-state index contributed by atoms with van der Waals surface area (Å²) in [4.78, 5) is 14.1. The van der Waals surface area contributed by atoms with Crippen molar-refractivity contribution in [1.29, 1.82) is 0 Å². The number of rotatable bonds is 4. The number of H-pyrrole nitrogens is 1. The normalized spacial score (nSPS) is 13.8. The Labute approximate surface area is 221 Å². The first-order valence-corrected chi connectivity index (χ1v) is 13.8. The number of nitrogens with one attached hydrogen (secondary N) is 1. The molecule has 4 nitrogen and oxygen atoms in total. The SMILES string of the molecule is CCC1=C(C)c2cc3c(CC)c(C)c(cc4nc(cc5[nH]c(cc1n2)c(C)c5CC)C(C)=C4CC)n3C. The molecular formula is C33H40N4. The number of hydrogen-bond acceptors (Lipinski definition) is 2. The molecule has 8 bridgehead atoms. The lowest BCUT2D eigenvalue weighted by atomic mass is 10.0. The second kappa shape index (κ2) is 9.48. The molecule has 0 aromatic carbocycles. The predicted octanol–water partition coefficient (Wildman–Crippen LogP) is 8.75. The van der Waals surface area contributed by atoms with Crippen molar-refractivity contribution in [2.24, 2.45) is 7.05 Å². The van der Waals surface area contributed by atoms with E-state index in [1.807, 2.05) is 0 Å². The Morgan fingerprint density at radius 2 is 1.11 bits per heavy atom. The molecule has 0 amide bonds. The van der Waals surface area contributed by atoms with E-state index >= 15 is 0 Å². The minimum absolute atomic E-state index is 0.961. The van der Waals surface area contributed by atoms with Gasteiger partial charge in [-0.15, -0.1) is 0 Å².